The number of fused-ring (bicyclic) bond motifs is 2. The van der Waals surface area contributed by atoms with Crippen LogP contribution in [0.15, 0.2) is 146 Å². The van der Waals surface area contributed by atoms with E-state index < -0.39 is 154 Å². The summed E-state index contributed by atoms with van der Waals surface area (Å²) < 4.78 is 15.6. The standard InChI is InChI=1S/C92H108N16O16/c1-51(93-3)79(109)99-77(89-35-57-25-58(36-89)40-91(121,39-57)49-89)85(115)105-45-67-33-75(105)83(113)95-71(31-55-13-19-61-9-5-7-11-63(61)27-55)81(111)97-73(87(117)118)29-53-17-23-70(24-18-53)124-48-66-44-108(104-102-66)68-34-76(106(46-68)86(116)78(100-80(110)52(2)94-4)90-37-59-26-60(38-90)42-92(122,41-59)50-90)84(114)96-72(32-56-14-20-62-10-6-8-12-64(62)28-56)82(112)98-74(88(119)120)30-54-15-21-69(22-16-54)123-47-65-43-107(67)103-101-65/h5-24,27-28,43-44,51-52,57-60,67-68,71-78,93-94,121-122H,25-26,29-42,45-50H2,1-4H3,(H,95,113)(H,96,114)(H,97,111)(H,98,112)(H,99,109)(H,100,110)(H,117,118)(H,119,120)/t51-,52-,57?,58?,59?,60?,67-,68-,71-,72-,73-,74-,75-,76-,77?,78?,89?,90?,91?,92?/m0/s1. The molecule has 10 fully saturated rings. The number of carboxylic acid groups (broad SMARTS) is 2. The summed E-state index contributed by atoms with van der Waals surface area (Å²) in [5.74, 6) is -6.80. The number of likely N-dealkylation sites (N-methyl/N-ethyl adjacent to an activating group) is 2. The Labute approximate surface area is 716 Å². The molecule has 8 saturated carbocycles. The first kappa shape index (κ1) is 84.5. The zero-order valence-corrected chi connectivity index (χ0v) is 69.9. The van der Waals surface area contributed by atoms with Gasteiger partial charge in [0.2, 0.25) is 47.3 Å². The van der Waals surface area contributed by atoms with Crippen LogP contribution in [0.25, 0.3) is 21.5 Å². The normalized spacial score (nSPS) is 30.3. The van der Waals surface area contributed by atoms with E-state index in [0.717, 1.165) is 34.4 Å². The van der Waals surface area contributed by atoms with Gasteiger partial charge in [-0.1, -0.05) is 120 Å². The van der Waals surface area contributed by atoms with Crippen molar-refractivity contribution in [2.75, 3.05) is 27.2 Å². The number of carbonyl (C=O) groups excluding carboxylic acids is 8. The Morgan fingerprint density at radius 3 is 1.20 bits per heavy atom. The van der Waals surface area contributed by atoms with Crippen LogP contribution in [0.5, 0.6) is 11.5 Å². The van der Waals surface area contributed by atoms with Gasteiger partial charge in [-0.15, -0.1) is 10.2 Å². The number of aliphatic hydroxyl groups is 2. The Morgan fingerprint density at radius 1 is 0.476 bits per heavy atom. The number of ether oxygens (including phenoxy) is 2. The fourth-order valence-corrected chi connectivity index (χ4v) is 22.8. The summed E-state index contributed by atoms with van der Waals surface area (Å²) in [5.41, 5.74) is -0.970. The van der Waals surface area contributed by atoms with Crippen LogP contribution in [-0.4, -0.2) is 218 Å². The molecule has 124 heavy (non-hydrogen) atoms. The molecule has 6 unspecified atom stereocenters. The van der Waals surface area contributed by atoms with E-state index in [9.17, 15) is 39.6 Å². The predicted octanol–water partition coefficient (Wildman–Crippen LogP) is 4.86. The molecule has 22 rings (SSSR count). The van der Waals surface area contributed by atoms with Crippen LogP contribution in [0.3, 0.4) is 0 Å². The van der Waals surface area contributed by atoms with E-state index in [1.54, 1.807) is 88.9 Å². The molecule has 652 valence electrons. The van der Waals surface area contributed by atoms with Crippen LogP contribution >= 0.6 is 0 Å². The van der Waals surface area contributed by atoms with E-state index in [2.05, 4.69) is 63.2 Å². The average molecular weight is 1690 g/mol. The Kier molecular flexibility index (Phi) is 23.4. The molecule has 8 amide bonds. The van der Waals surface area contributed by atoms with Crippen LogP contribution in [0, 0.1) is 34.5 Å². The maximum Gasteiger partial charge on any atom is 0.326 e. The summed E-state index contributed by atoms with van der Waals surface area (Å²) in [4.78, 5) is 153. The van der Waals surface area contributed by atoms with E-state index >= 15 is 28.8 Å². The smallest absolute Gasteiger partial charge is 0.326 e. The molecule has 20 bridgehead atoms. The number of carboxylic acids is 2. The summed E-state index contributed by atoms with van der Waals surface area (Å²) in [7, 11) is 3.27. The SMILES string of the molecule is CN[C@@H](C)C(=O)NC(C(=O)N1C[C@@H]2C[C@H]1C(=O)N[C@@H](Cc1ccc3ccccc3c1)C(=O)N[C@H](C(=O)O)Cc1ccc(cc1)OCc1cn(nn1)[C@H]1C[C@@H](C(=O)N[C@@H](Cc3ccc4ccccc4c3)C(=O)N[C@H](C(=O)O)Cc3ccc(cc3)OCc3cn2nn3)N(C(=O)C(NC(=O)[C@H](C)NC)C23CC4CC(CC(O)(C4)C2)C3)C1)C12CC3CC(CC(O)(C3)C1)C2. The molecule has 8 aromatic rings. The second kappa shape index (κ2) is 34.4. The monoisotopic (exact) mass is 1690 g/mol. The lowest BCUT2D eigenvalue weighted by atomic mass is 9.46. The van der Waals surface area contributed by atoms with Gasteiger partial charge in [-0.25, -0.2) is 19.0 Å². The number of aliphatic carboxylic acids is 2. The summed E-state index contributed by atoms with van der Waals surface area (Å²) in [6.45, 7) is 2.84. The maximum atomic E-state index is 16.1. The third-order valence-electron chi connectivity index (χ3n) is 28.2. The molecule has 2 aromatic heterocycles. The average Bonchev–Trinajstić information content (AvgIpc) is 0.859. The number of nitrogens with one attached hydrogen (secondary N) is 8. The van der Waals surface area contributed by atoms with Gasteiger partial charge in [0.1, 0.15) is 84.4 Å². The zero-order valence-electron chi connectivity index (χ0n) is 69.9. The molecule has 0 spiro atoms. The fourth-order valence-electron chi connectivity index (χ4n) is 22.8. The molecule has 8 heterocycles. The number of hydrogen-bond acceptors (Lipinski definition) is 20. The topological polar surface area (TPSA) is 434 Å². The molecule has 2 saturated heterocycles. The van der Waals surface area contributed by atoms with Gasteiger partial charge in [0.15, 0.2) is 0 Å². The zero-order chi connectivity index (χ0) is 86.7. The first-order chi connectivity index (χ1) is 59.5. The number of rotatable bonds is 16. The maximum absolute atomic E-state index is 16.1. The summed E-state index contributed by atoms with van der Waals surface area (Å²) in [6, 6.07) is 25.7. The molecular formula is C92H108N16O16. The minimum absolute atomic E-state index is 0.0604. The highest BCUT2D eigenvalue weighted by Gasteiger charge is 2.65. The largest absolute Gasteiger partial charge is 0.487 e. The Balaban J connectivity index is 0.694. The summed E-state index contributed by atoms with van der Waals surface area (Å²) in [5, 5.41) is 91.5. The lowest BCUT2D eigenvalue weighted by Crippen LogP contribution is -2.67. The Hall–Kier alpha value is -11.7. The van der Waals surface area contributed by atoms with Crippen molar-refractivity contribution in [3.05, 3.63) is 179 Å². The molecule has 14 aliphatic rings. The third-order valence-corrected chi connectivity index (χ3v) is 28.2. The van der Waals surface area contributed by atoms with Crippen molar-refractivity contribution < 1.29 is 77.8 Å². The highest BCUT2D eigenvalue weighted by Crippen LogP contribution is 2.65. The lowest BCUT2D eigenvalue weighted by Gasteiger charge is -2.62. The number of hydrogen-bond donors (Lipinski definition) is 12. The quantitative estimate of drug-likeness (QED) is 0.0614. The van der Waals surface area contributed by atoms with E-state index in [1.807, 2.05) is 84.9 Å². The second-order valence-electron chi connectivity index (χ2n) is 37.1. The predicted molar refractivity (Wildman–Crippen MR) is 451 cm³/mol. The van der Waals surface area contributed by atoms with Gasteiger partial charge in [0.05, 0.1) is 47.8 Å². The molecule has 8 aliphatic carbocycles. The minimum Gasteiger partial charge on any atom is -0.487 e. The Morgan fingerprint density at radius 2 is 0.847 bits per heavy atom. The van der Waals surface area contributed by atoms with Gasteiger partial charge in [0.25, 0.3) is 0 Å². The number of likely N-dealkylation sites (tertiary alicyclic amines) is 2. The van der Waals surface area contributed by atoms with Crippen LogP contribution in [0.1, 0.15) is 149 Å². The number of nitrogens with zero attached hydrogens (tertiary/aromatic N) is 8. The summed E-state index contributed by atoms with van der Waals surface area (Å²) >= 11 is 0. The fraction of sp³-hybridized carbons (Fsp3) is 0.500. The van der Waals surface area contributed by atoms with Crippen molar-refractivity contribution in [2.45, 2.75) is 226 Å². The van der Waals surface area contributed by atoms with E-state index in [4.69, 9.17) is 9.47 Å². The van der Waals surface area contributed by atoms with Crippen LogP contribution < -0.4 is 52.0 Å². The first-order valence-corrected chi connectivity index (χ1v) is 43.4. The van der Waals surface area contributed by atoms with Crippen molar-refractivity contribution in [1.29, 1.82) is 0 Å². The number of carbonyl (C=O) groups is 10. The molecule has 6 aromatic carbocycles. The number of amides is 8. The lowest BCUT2D eigenvalue weighted by molar-refractivity contribution is -0.182. The molecule has 16 atom stereocenters. The van der Waals surface area contributed by atoms with Gasteiger partial charge in [0, 0.05) is 62.4 Å². The first-order valence-electron chi connectivity index (χ1n) is 43.4. The molecule has 12 N–H and O–H groups in total. The third kappa shape index (κ3) is 17.8. The van der Waals surface area contributed by atoms with E-state index in [-0.39, 0.29) is 101 Å². The van der Waals surface area contributed by atoms with E-state index in [1.165, 1.54) is 19.2 Å². The van der Waals surface area contributed by atoms with Gasteiger partial charge in [-0.3, -0.25) is 38.4 Å². The van der Waals surface area contributed by atoms with Crippen LogP contribution in [-0.2, 0) is 86.8 Å². The van der Waals surface area contributed by atoms with Crippen LogP contribution in [0.2, 0.25) is 0 Å². The van der Waals surface area contributed by atoms with Crippen molar-refractivity contribution >= 4 is 80.7 Å². The van der Waals surface area contributed by atoms with Crippen molar-refractivity contribution in [1.82, 2.24) is 82.3 Å². The molecule has 32 nitrogen and oxygen atoms in total. The highest BCUT2D eigenvalue weighted by atomic mass is 16.5. The second-order valence-corrected chi connectivity index (χ2v) is 37.1. The van der Waals surface area contributed by atoms with Gasteiger partial charge in [-0.2, -0.15) is 0 Å². The van der Waals surface area contributed by atoms with Gasteiger partial charge >= 0.3 is 11.9 Å². The van der Waals surface area contributed by atoms with E-state index in [0.29, 0.717) is 96.5 Å². The van der Waals surface area contributed by atoms with Crippen molar-refractivity contribution in [3.8, 4) is 11.5 Å². The van der Waals surface area contributed by atoms with Crippen LogP contribution in [0.4, 0.5) is 0 Å². The molecular weight excluding hydrogens is 1590 g/mol. The molecule has 32 heteroatoms. The van der Waals surface area contributed by atoms with Crippen molar-refractivity contribution in [2.24, 2.45) is 34.5 Å². The Bertz CT molecular complexity index is 5070. The highest BCUT2D eigenvalue weighted by molar-refractivity contribution is 5.99. The van der Waals surface area contributed by atoms with Gasteiger partial charge < -0.3 is 82.2 Å². The summed E-state index contributed by atoms with van der Waals surface area (Å²) in [6.07, 6.45) is 9.30. The minimum atomic E-state index is -1.54. The molecule has 0 radical (unpaired) electrons. The number of benzene rings is 6. The van der Waals surface area contributed by atoms with Gasteiger partial charge in [-0.05, 0) is 197 Å². The van der Waals surface area contributed by atoms with Crippen molar-refractivity contribution in [3.63, 3.8) is 0 Å². The number of aromatic nitrogens is 6. The molecule has 6 aliphatic heterocycles.